The van der Waals surface area contributed by atoms with Gasteiger partial charge in [0.15, 0.2) is 5.01 Å². The Morgan fingerprint density at radius 2 is 2.03 bits per heavy atom. The van der Waals surface area contributed by atoms with Crippen LogP contribution >= 0.6 is 11.3 Å². The molecule has 0 atom stereocenters. The molecule has 0 radical (unpaired) electrons. The minimum Gasteiger partial charge on any atom is -0.346 e. The average Bonchev–Trinajstić information content (AvgIpc) is 3.42. The van der Waals surface area contributed by atoms with Gasteiger partial charge in [-0.15, -0.1) is 11.3 Å². The molecule has 4 rings (SSSR count). The number of nitrogens with zero attached hydrogens (tertiary/aromatic N) is 4. The van der Waals surface area contributed by atoms with E-state index in [2.05, 4.69) is 25.4 Å². The van der Waals surface area contributed by atoms with Crippen molar-refractivity contribution in [3.8, 4) is 23.0 Å². The number of amides is 1. The van der Waals surface area contributed by atoms with Crippen LogP contribution in [0.25, 0.3) is 23.0 Å². The molecule has 30 heavy (non-hydrogen) atoms. The molecule has 0 spiro atoms. The second-order valence-electron chi connectivity index (χ2n) is 6.08. The van der Waals surface area contributed by atoms with Gasteiger partial charge in [0.05, 0.1) is 5.56 Å². The standard InChI is InChI=1S/C19H12F3N5O2S/c20-19(21,22)13-5-1-3-11(7-13)8-24-16(28)18-25-14(10-30-18)17-26-15(27-29-17)12-4-2-6-23-9-12/h1-7,9-10H,8H2,(H,24,28). The zero-order valence-corrected chi connectivity index (χ0v) is 15.9. The summed E-state index contributed by atoms with van der Waals surface area (Å²) in [5, 5.41) is 8.13. The van der Waals surface area contributed by atoms with Gasteiger partial charge < -0.3 is 9.84 Å². The Hall–Kier alpha value is -3.60. The van der Waals surface area contributed by atoms with E-state index in [1.807, 2.05) is 0 Å². The molecule has 152 valence electrons. The summed E-state index contributed by atoms with van der Waals surface area (Å²) >= 11 is 1.06. The predicted molar refractivity (Wildman–Crippen MR) is 101 cm³/mol. The van der Waals surface area contributed by atoms with E-state index in [9.17, 15) is 18.0 Å². The molecule has 0 aliphatic rings. The first-order chi connectivity index (χ1) is 14.4. The van der Waals surface area contributed by atoms with Crippen LogP contribution in [-0.2, 0) is 12.7 Å². The Morgan fingerprint density at radius 1 is 1.17 bits per heavy atom. The number of carbonyl (C=O) groups is 1. The van der Waals surface area contributed by atoms with E-state index in [4.69, 9.17) is 4.52 Å². The maximum absolute atomic E-state index is 12.8. The number of aromatic nitrogens is 4. The Bertz CT molecular complexity index is 1170. The zero-order valence-electron chi connectivity index (χ0n) is 15.1. The molecule has 0 fully saturated rings. The molecule has 3 aromatic heterocycles. The monoisotopic (exact) mass is 431 g/mol. The smallest absolute Gasteiger partial charge is 0.346 e. The molecule has 1 aromatic carbocycles. The van der Waals surface area contributed by atoms with Gasteiger partial charge in [0.1, 0.15) is 5.69 Å². The normalized spacial score (nSPS) is 11.4. The van der Waals surface area contributed by atoms with Gasteiger partial charge in [0.2, 0.25) is 5.82 Å². The summed E-state index contributed by atoms with van der Waals surface area (Å²) in [5.74, 6) is -0.0423. The third-order valence-corrected chi connectivity index (χ3v) is 4.81. The van der Waals surface area contributed by atoms with Crippen molar-refractivity contribution in [3.63, 3.8) is 0 Å². The van der Waals surface area contributed by atoms with Gasteiger partial charge in [-0.1, -0.05) is 17.3 Å². The van der Waals surface area contributed by atoms with Crippen LogP contribution in [0.4, 0.5) is 13.2 Å². The fourth-order valence-corrected chi connectivity index (χ4v) is 3.24. The van der Waals surface area contributed by atoms with E-state index < -0.39 is 17.6 Å². The number of benzene rings is 1. The molecule has 0 saturated carbocycles. The third kappa shape index (κ3) is 4.35. The van der Waals surface area contributed by atoms with Crippen LogP contribution in [-0.4, -0.2) is 26.0 Å². The first-order valence-corrected chi connectivity index (χ1v) is 9.42. The van der Waals surface area contributed by atoms with Crippen LogP contribution in [0, 0.1) is 0 Å². The predicted octanol–water partition coefficient (Wildman–Crippen LogP) is 4.20. The minimum absolute atomic E-state index is 0.0661. The van der Waals surface area contributed by atoms with Crippen molar-refractivity contribution in [2.75, 3.05) is 0 Å². The number of alkyl halides is 3. The van der Waals surface area contributed by atoms with Gasteiger partial charge in [-0.3, -0.25) is 9.78 Å². The van der Waals surface area contributed by atoms with E-state index in [0.717, 1.165) is 23.5 Å². The Balaban J connectivity index is 1.43. The lowest BCUT2D eigenvalue weighted by Gasteiger charge is -2.09. The summed E-state index contributed by atoms with van der Waals surface area (Å²) in [4.78, 5) is 24.7. The lowest BCUT2D eigenvalue weighted by atomic mass is 10.1. The first-order valence-electron chi connectivity index (χ1n) is 8.54. The molecule has 1 N–H and O–H groups in total. The van der Waals surface area contributed by atoms with Gasteiger partial charge in [-0.2, -0.15) is 18.2 Å². The average molecular weight is 431 g/mol. The summed E-state index contributed by atoms with van der Waals surface area (Å²) in [6, 6.07) is 8.27. The molecule has 0 unspecified atom stereocenters. The summed E-state index contributed by atoms with van der Waals surface area (Å²) < 4.78 is 43.5. The van der Waals surface area contributed by atoms with Crippen LogP contribution in [0.1, 0.15) is 20.9 Å². The van der Waals surface area contributed by atoms with Crippen molar-refractivity contribution in [1.29, 1.82) is 0 Å². The molecule has 1 amide bonds. The molecule has 3 heterocycles. The summed E-state index contributed by atoms with van der Waals surface area (Å²) in [6.07, 6.45) is -1.24. The quantitative estimate of drug-likeness (QED) is 0.509. The van der Waals surface area contributed by atoms with Crippen LogP contribution in [0.2, 0.25) is 0 Å². The van der Waals surface area contributed by atoms with Crippen molar-refractivity contribution < 1.29 is 22.5 Å². The maximum Gasteiger partial charge on any atom is 0.416 e. The number of thiazole rings is 1. The first kappa shape index (κ1) is 19.7. The van der Waals surface area contributed by atoms with Crippen LogP contribution in [0.15, 0.2) is 58.7 Å². The number of nitrogens with one attached hydrogen (secondary N) is 1. The van der Waals surface area contributed by atoms with Crippen molar-refractivity contribution in [3.05, 3.63) is 70.3 Å². The Morgan fingerprint density at radius 3 is 2.80 bits per heavy atom. The molecule has 0 saturated heterocycles. The summed E-state index contributed by atoms with van der Waals surface area (Å²) in [5.41, 5.74) is 0.549. The van der Waals surface area contributed by atoms with E-state index in [0.29, 0.717) is 22.6 Å². The highest BCUT2D eigenvalue weighted by Gasteiger charge is 2.30. The maximum atomic E-state index is 12.8. The SMILES string of the molecule is O=C(NCc1cccc(C(F)(F)F)c1)c1nc(-c2nc(-c3cccnc3)no2)cs1. The van der Waals surface area contributed by atoms with Crippen molar-refractivity contribution in [2.24, 2.45) is 0 Å². The molecule has 0 aliphatic heterocycles. The highest BCUT2D eigenvalue weighted by Crippen LogP contribution is 2.29. The number of rotatable bonds is 5. The van der Waals surface area contributed by atoms with Gasteiger partial charge in [-0.05, 0) is 29.8 Å². The minimum atomic E-state index is -4.44. The Kier molecular flexibility index (Phi) is 5.27. The van der Waals surface area contributed by atoms with E-state index >= 15 is 0 Å². The number of carbonyl (C=O) groups excluding carboxylic acids is 1. The molecule has 0 bridgehead atoms. The number of halogens is 3. The fraction of sp³-hybridized carbons (Fsp3) is 0.105. The molecular weight excluding hydrogens is 419 g/mol. The lowest BCUT2D eigenvalue weighted by molar-refractivity contribution is -0.137. The van der Waals surface area contributed by atoms with E-state index in [1.54, 1.807) is 29.9 Å². The van der Waals surface area contributed by atoms with Gasteiger partial charge >= 0.3 is 6.18 Å². The zero-order chi connectivity index (χ0) is 21.1. The third-order valence-electron chi connectivity index (χ3n) is 3.97. The van der Waals surface area contributed by atoms with Crippen molar-refractivity contribution >= 4 is 17.2 Å². The van der Waals surface area contributed by atoms with Crippen molar-refractivity contribution in [1.82, 2.24) is 25.4 Å². The van der Waals surface area contributed by atoms with Crippen LogP contribution in [0.3, 0.4) is 0 Å². The second kappa shape index (κ2) is 8.03. The second-order valence-corrected chi connectivity index (χ2v) is 6.94. The largest absolute Gasteiger partial charge is 0.416 e. The van der Waals surface area contributed by atoms with Gasteiger partial charge in [0.25, 0.3) is 11.8 Å². The molecule has 11 heteroatoms. The Labute approximate surface area is 171 Å². The number of hydrogen-bond acceptors (Lipinski definition) is 7. The van der Waals surface area contributed by atoms with E-state index in [1.165, 1.54) is 12.1 Å². The van der Waals surface area contributed by atoms with Gasteiger partial charge in [-0.25, -0.2) is 4.98 Å². The molecule has 0 aliphatic carbocycles. The highest BCUT2D eigenvalue weighted by molar-refractivity contribution is 7.12. The molecule has 7 nitrogen and oxygen atoms in total. The van der Waals surface area contributed by atoms with Crippen molar-refractivity contribution in [2.45, 2.75) is 12.7 Å². The fourth-order valence-electron chi connectivity index (χ4n) is 2.53. The van der Waals surface area contributed by atoms with Crippen LogP contribution in [0.5, 0.6) is 0 Å². The summed E-state index contributed by atoms with van der Waals surface area (Å²) in [6.45, 7) is -0.0661. The number of pyridine rings is 1. The van der Waals surface area contributed by atoms with Crippen LogP contribution < -0.4 is 5.32 Å². The highest BCUT2D eigenvalue weighted by atomic mass is 32.1. The number of hydrogen-bond donors (Lipinski definition) is 1. The lowest BCUT2D eigenvalue weighted by Crippen LogP contribution is -2.22. The van der Waals surface area contributed by atoms with E-state index in [-0.39, 0.29) is 17.4 Å². The molecular formula is C19H12F3N5O2S. The summed E-state index contributed by atoms with van der Waals surface area (Å²) in [7, 11) is 0. The molecule has 4 aromatic rings. The topological polar surface area (TPSA) is 93.8 Å². The van der Waals surface area contributed by atoms with Gasteiger partial charge in [0, 0.05) is 29.9 Å².